The highest BCUT2D eigenvalue weighted by atomic mass is 35.5. The van der Waals surface area contributed by atoms with Crippen LogP contribution in [-0.2, 0) is 4.79 Å². The monoisotopic (exact) mass is 471 g/mol. The van der Waals surface area contributed by atoms with Crippen LogP contribution in [0.5, 0.6) is 5.75 Å². The van der Waals surface area contributed by atoms with Gasteiger partial charge in [0.1, 0.15) is 30.9 Å². The minimum absolute atomic E-state index is 0.0833. The Morgan fingerprint density at radius 2 is 2.15 bits per heavy atom. The molecule has 0 unspecified atom stereocenters. The first-order valence-electron chi connectivity index (χ1n) is 9.86. The lowest BCUT2D eigenvalue weighted by atomic mass is 10.1. The summed E-state index contributed by atoms with van der Waals surface area (Å²) < 4.78 is 31.7. The third kappa shape index (κ3) is 5.94. The summed E-state index contributed by atoms with van der Waals surface area (Å²) >= 11 is 5.88. The van der Waals surface area contributed by atoms with E-state index in [1.54, 1.807) is 25.3 Å². The van der Waals surface area contributed by atoms with E-state index in [0.717, 1.165) is 0 Å². The average molecular weight is 472 g/mol. The van der Waals surface area contributed by atoms with Gasteiger partial charge in [-0.3, -0.25) is 9.78 Å². The van der Waals surface area contributed by atoms with Gasteiger partial charge in [-0.15, -0.1) is 0 Å². The van der Waals surface area contributed by atoms with Crippen molar-refractivity contribution < 1.29 is 18.3 Å². The average Bonchev–Trinajstić information content (AvgIpc) is 2.80. The molecule has 3 N–H and O–H groups in total. The quantitative estimate of drug-likeness (QED) is 0.391. The van der Waals surface area contributed by atoms with Crippen LogP contribution in [0.3, 0.4) is 0 Å². The van der Waals surface area contributed by atoms with Crippen LogP contribution in [0.2, 0.25) is 5.02 Å². The molecule has 0 radical (unpaired) electrons. The highest BCUT2D eigenvalue weighted by molar-refractivity contribution is 6.31. The van der Waals surface area contributed by atoms with Crippen molar-refractivity contribution in [1.82, 2.24) is 10.3 Å². The zero-order valence-electron chi connectivity index (χ0n) is 17.6. The van der Waals surface area contributed by atoms with Crippen LogP contribution in [0.15, 0.2) is 48.7 Å². The summed E-state index contributed by atoms with van der Waals surface area (Å²) in [6, 6.07) is 9.24. The number of hydrogen-bond donors (Lipinski definition) is 3. The van der Waals surface area contributed by atoms with Gasteiger partial charge in [-0.05, 0) is 31.3 Å². The van der Waals surface area contributed by atoms with Crippen molar-refractivity contribution in [2.45, 2.75) is 0 Å². The van der Waals surface area contributed by atoms with Crippen LogP contribution < -0.4 is 20.7 Å². The van der Waals surface area contributed by atoms with Crippen molar-refractivity contribution in [1.29, 1.82) is 5.26 Å². The number of likely N-dealkylation sites (N-methyl/N-ethyl adjacent to an activating group) is 1. The fraction of sp³-hybridized carbons (Fsp3) is 0.174. The predicted molar refractivity (Wildman–Crippen MR) is 124 cm³/mol. The predicted octanol–water partition coefficient (Wildman–Crippen LogP) is 4.70. The molecule has 0 atom stereocenters. The Hall–Kier alpha value is -3.74. The lowest BCUT2D eigenvalue weighted by molar-refractivity contribution is -0.111. The second kappa shape index (κ2) is 11.2. The molecule has 1 heterocycles. The van der Waals surface area contributed by atoms with Gasteiger partial charge in [-0.1, -0.05) is 17.7 Å². The Morgan fingerprint density at radius 3 is 2.85 bits per heavy atom. The molecule has 0 spiro atoms. The van der Waals surface area contributed by atoms with E-state index in [0.29, 0.717) is 28.8 Å². The minimum Gasteiger partial charge on any atom is -0.489 e. The van der Waals surface area contributed by atoms with Gasteiger partial charge in [-0.2, -0.15) is 5.26 Å². The van der Waals surface area contributed by atoms with Gasteiger partial charge in [0.25, 0.3) is 0 Å². The summed E-state index contributed by atoms with van der Waals surface area (Å²) in [5.41, 5.74) is 1.74. The number of hydrogen-bond acceptors (Lipinski definition) is 6. The van der Waals surface area contributed by atoms with E-state index in [-0.39, 0.29) is 28.6 Å². The van der Waals surface area contributed by atoms with Gasteiger partial charge < -0.3 is 20.7 Å². The zero-order valence-corrected chi connectivity index (χ0v) is 18.3. The summed E-state index contributed by atoms with van der Waals surface area (Å²) in [5.74, 6) is -0.768. The van der Waals surface area contributed by atoms with E-state index < -0.39 is 18.4 Å². The lowest BCUT2D eigenvalue weighted by Crippen LogP contribution is -2.12. The van der Waals surface area contributed by atoms with Crippen LogP contribution in [0, 0.1) is 17.1 Å². The Labute approximate surface area is 194 Å². The molecule has 10 heteroatoms. The number of amides is 1. The van der Waals surface area contributed by atoms with Crippen molar-refractivity contribution in [2.24, 2.45) is 0 Å². The smallest absolute Gasteiger partial charge is 0.248 e. The molecule has 170 valence electrons. The van der Waals surface area contributed by atoms with E-state index in [1.807, 2.05) is 0 Å². The van der Waals surface area contributed by atoms with Gasteiger partial charge in [0.2, 0.25) is 5.91 Å². The largest absolute Gasteiger partial charge is 0.489 e. The third-order valence-corrected chi connectivity index (χ3v) is 4.75. The van der Waals surface area contributed by atoms with Crippen LogP contribution in [0.4, 0.5) is 25.8 Å². The van der Waals surface area contributed by atoms with Crippen molar-refractivity contribution in [3.63, 3.8) is 0 Å². The molecule has 0 aliphatic carbocycles. The number of alkyl halides is 1. The molecule has 2 aromatic carbocycles. The van der Waals surface area contributed by atoms with Crippen LogP contribution in [-0.4, -0.2) is 37.8 Å². The molecule has 1 aromatic heterocycles. The number of carbonyl (C=O) groups is 1. The van der Waals surface area contributed by atoms with Gasteiger partial charge >= 0.3 is 0 Å². The van der Waals surface area contributed by atoms with Gasteiger partial charge in [0.15, 0.2) is 0 Å². The molecule has 0 aliphatic heterocycles. The molecule has 0 saturated heterocycles. The standard InChI is InChI=1S/C23H20ClF2N5O2/c1-28-7-2-3-22(32)31-20-10-16-19(11-21(20)33-8-6-25)29-13-14(12-27)23(16)30-15-4-5-18(26)17(24)9-15/h2-5,9-11,13,28H,6-8H2,1H3,(H,29,30)(H,31,32)/b3-2+. The molecular formula is C23H20ClF2N5O2. The number of rotatable bonds is 9. The van der Waals surface area contributed by atoms with Crippen molar-refractivity contribution in [3.8, 4) is 11.8 Å². The molecule has 33 heavy (non-hydrogen) atoms. The van der Waals surface area contributed by atoms with E-state index in [4.69, 9.17) is 16.3 Å². The van der Waals surface area contributed by atoms with Crippen molar-refractivity contribution in [2.75, 3.05) is 37.5 Å². The molecule has 3 rings (SSSR count). The minimum atomic E-state index is -0.716. The lowest BCUT2D eigenvalue weighted by Gasteiger charge is -2.16. The number of fused-ring (bicyclic) bond motifs is 1. The first-order valence-corrected chi connectivity index (χ1v) is 10.2. The number of ether oxygens (including phenoxy) is 1. The van der Waals surface area contributed by atoms with Gasteiger partial charge in [0, 0.05) is 36.0 Å². The molecule has 1 amide bonds. The molecule has 0 fully saturated rings. The summed E-state index contributed by atoms with van der Waals surface area (Å²) in [6.07, 6.45) is 4.36. The van der Waals surface area contributed by atoms with E-state index >= 15 is 0 Å². The van der Waals surface area contributed by atoms with Crippen LogP contribution >= 0.6 is 11.6 Å². The molecule has 0 saturated carbocycles. The fourth-order valence-corrected chi connectivity index (χ4v) is 3.16. The van der Waals surface area contributed by atoms with E-state index in [1.165, 1.54) is 30.5 Å². The first kappa shape index (κ1) is 23.9. The molecular weight excluding hydrogens is 452 g/mol. The van der Waals surface area contributed by atoms with Crippen LogP contribution in [0.25, 0.3) is 10.9 Å². The second-order valence-electron chi connectivity index (χ2n) is 6.76. The highest BCUT2D eigenvalue weighted by Gasteiger charge is 2.16. The molecule has 3 aromatic rings. The maximum Gasteiger partial charge on any atom is 0.248 e. The Kier molecular flexibility index (Phi) is 8.13. The number of anilines is 3. The summed E-state index contributed by atoms with van der Waals surface area (Å²) in [5, 5.41) is 18.7. The summed E-state index contributed by atoms with van der Waals surface area (Å²) in [4.78, 5) is 16.6. The Balaban J connectivity index is 2.10. The number of pyridine rings is 1. The third-order valence-electron chi connectivity index (χ3n) is 4.46. The van der Waals surface area contributed by atoms with E-state index in [2.05, 4.69) is 27.0 Å². The summed E-state index contributed by atoms with van der Waals surface area (Å²) in [7, 11) is 1.75. The number of nitrogens with zero attached hydrogens (tertiary/aromatic N) is 2. The number of nitrogens with one attached hydrogen (secondary N) is 3. The van der Waals surface area contributed by atoms with E-state index in [9.17, 15) is 18.8 Å². The number of halogens is 3. The number of nitriles is 1. The van der Waals surface area contributed by atoms with Crippen LogP contribution in [0.1, 0.15) is 5.56 Å². The number of carbonyl (C=O) groups excluding carboxylic acids is 1. The number of benzene rings is 2. The first-order chi connectivity index (χ1) is 16.0. The SMILES string of the molecule is CNC/C=C/C(=O)Nc1cc2c(Nc3ccc(F)c(Cl)c3)c(C#N)cnc2cc1OCCF. The normalized spacial score (nSPS) is 10.9. The summed E-state index contributed by atoms with van der Waals surface area (Å²) in [6.45, 7) is -0.425. The molecule has 7 nitrogen and oxygen atoms in total. The highest BCUT2D eigenvalue weighted by Crippen LogP contribution is 2.36. The zero-order chi connectivity index (χ0) is 23.8. The number of aromatic nitrogens is 1. The van der Waals surface area contributed by atoms with Crippen molar-refractivity contribution >= 4 is 45.5 Å². The Morgan fingerprint density at radius 1 is 1.33 bits per heavy atom. The Bertz CT molecular complexity index is 1240. The van der Waals surface area contributed by atoms with Crippen molar-refractivity contribution in [3.05, 3.63) is 65.1 Å². The maximum absolute atomic E-state index is 13.6. The second-order valence-corrected chi connectivity index (χ2v) is 7.17. The molecule has 0 aliphatic rings. The van der Waals surface area contributed by atoms with Gasteiger partial charge in [-0.25, -0.2) is 8.78 Å². The topological polar surface area (TPSA) is 99.1 Å². The van der Waals surface area contributed by atoms with Gasteiger partial charge in [0.05, 0.1) is 27.5 Å². The molecule has 0 bridgehead atoms. The maximum atomic E-state index is 13.6. The fourth-order valence-electron chi connectivity index (χ4n) is 2.98.